The van der Waals surface area contributed by atoms with E-state index in [1.807, 2.05) is 82.7 Å². The number of aryl methyl sites for hydroxylation is 4. The van der Waals surface area contributed by atoms with Crippen molar-refractivity contribution in [1.82, 2.24) is 20.1 Å². The topological polar surface area (TPSA) is 81.4 Å². The van der Waals surface area contributed by atoms with Gasteiger partial charge in [-0.2, -0.15) is 5.10 Å². The number of carbonyl (C=O) groups is 1. The Morgan fingerprint density at radius 3 is 2.56 bits per heavy atom. The van der Waals surface area contributed by atoms with Crippen LogP contribution in [0, 0.1) is 20.8 Å². The minimum absolute atomic E-state index is 0.0900. The van der Waals surface area contributed by atoms with Crippen molar-refractivity contribution in [3.63, 3.8) is 0 Å². The van der Waals surface area contributed by atoms with E-state index in [9.17, 15) is 4.79 Å². The SMILES string of the molecule is Cc1ccc([C@H](C)NC(=O)COc2cc(C)c3c(n2)C(C)N=C3c2cc(C)nn2C)cc1. The Labute approximate surface area is 188 Å². The molecule has 0 radical (unpaired) electrons. The lowest BCUT2D eigenvalue weighted by molar-refractivity contribution is -0.123. The number of amides is 1. The van der Waals surface area contributed by atoms with Crippen LogP contribution < -0.4 is 10.1 Å². The van der Waals surface area contributed by atoms with Crippen LogP contribution in [0.3, 0.4) is 0 Å². The lowest BCUT2D eigenvalue weighted by Gasteiger charge is -2.15. The molecule has 0 fully saturated rings. The molecular weight excluding hydrogens is 402 g/mol. The van der Waals surface area contributed by atoms with Gasteiger partial charge >= 0.3 is 0 Å². The summed E-state index contributed by atoms with van der Waals surface area (Å²) in [6, 6.07) is 11.8. The number of nitrogens with zero attached hydrogens (tertiary/aromatic N) is 4. The van der Waals surface area contributed by atoms with Crippen molar-refractivity contribution >= 4 is 11.6 Å². The second kappa shape index (κ2) is 8.57. The first kappa shape index (κ1) is 21.7. The van der Waals surface area contributed by atoms with Gasteiger partial charge in [-0.15, -0.1) is 0 Å². The molecule has 7 nitrogen and oxygen atoms in total. The smallest absolute Gasteiger partial charge is 0.258 e. The number of benzene rings is 1. The van der Waals surface area contributed by atoms with Crippen LogP contribution >= 0.6 is 0 Å². The fourth-order valence-electron chi connectivity index (χ4n) is 4.06. The maximum absolute atomic E-state index is 12.4. The summed E-state index contributed by atoms with van der Waals surface area (Å²) in [7, 11) is 1.92. The molecule has 4 rings (SSSR count). The minimum atomic E-state index is -0.187. The summed E-state index contributed by atoms with van der Waals surface area (Å²) >= 11 is 0. The second-order valence-electron chi connectivity index (χ2n) is 8.47. The largest absolute Gasteiger partial charge is 0.468 e. The van der Waals surface area contributed by atoms with E-state index in [2.05, 4.69) is 15.4 Å². The number of hydrogen-bond acceptors (Lipinski definition) is 5. The molecule has 32 heavy (non-hydrogen) atoms. The van der Waals surface area contributed by atoms with Gasteiger partial charge in [0.1, 0.15) is 0 Å². The molecular formula is C25H29N5O2. The molecule has 1 unspecified atom stereocenters. The van der Waals surface area contributed by atoms with Crippen molar-refractivity contribution in [3.05, 3.63) is 75.7 Å². The third-order valence-corrected chi connectivity index (χ3v) is 5.73. The Morgan fingerprint density at radius 2 is 1.91 bits per heavy atom. The molecule has 3 heterocycles. The molecule has 0 aliphatic carbocycles. The lowest BCUT2D eigenvalue weighted by atomic mass is 10.0. The fourth-order valence-corrected chi connectivity index (χ4v) is 4.06. The molecule has 1 amide bonds. The highest BCUT2D eigenvalue weighted by atomic mass is 16.5. The number of aliphatic imine (C=N–C) groups is 1. The molecule has 1 aliphatic heterocycles. The van der Waals surface area contributed by atoms with Gasteiger partial charge in [0, 0.05) is 18.7 Å². The number of hydrogen-bond donors (Lipinski definition) is 1. The number of rotatable bonds is 6. The van der Waals surface area contributed by atoms with Gasteiger partial charge in [0.25, 0.3) is 5.91 Å². The first-order chi connectivity index (χ1) is 15.2. The molecule has 0 saturated heterocycles. The molecule has 1 aromatic carbocycles. The van der Waals surface area contributed by atoms with Gasteiger partial charge in [-0.3, -0.25) is 14.5 Å². The zero-order valence-electron chi connectivity index (χ0n) is 19.4. The van der Waals surface area contributed by atoms with Gasteiger partial charge in [-0.1, -0.05) is 29.8 Å². The highest BCUT2D eigenvalue weighted by Gasteiger charge is 2.29. The Bertz CT molecular complexity index is 1190. The average molecular weight is 432 g/mol. The Balaban J connectivity index is 1.46. The zero-order chi connectivity index (χ0) is 23.0. The summed E-state index contributed by atoms with van der Waals surface area (Å²) in [5.41, 5.74) is 7.96. The van der Waals surface area contributed by atoms with Crippen LogP contribution in [0.2, 0.25) is 0 Å². The maximum Gasteiger partial charge on any atom is 0.258 e. The summed E-state index contributed by atoms with van der Waals surface area (Å²) in [5.74, 6) is 0.247. The number of ether oxygens (including phenoxy) is 1. The summed E-state index contributed by atoms with van der Waals surface area (Å²) in [4.78, 5) is 21.9. The van der Waals surface area contributed by atoms with E-state index in [1.54, 1.807) is 0 Å². The van der Waals surface area contributed by atoms with Crippen molar-refractivity contribution in [1.29, 1.82) is 0 Å². The number of nitrogens with one attached hydrogen (secondary N) is 1. The highest BCUT2D eigenvalue weighted by Crippen LogP contribution is 2.34. The monoisotopic (exact) mass is 431 g/mol. The number of carbonyl (C=O) groups excluding carboxylic acids is 1. The van der Waals surface area contributed by atoms with Crippen LogP contribution in [-0.2, 0) is 11.8 Å². The highest BCUT2D eigenvalue weighted by molar-refractivity contribution is 6.15. The normalized spacial score (nSPS) is 15.8. The second-order valence-corrected chi connectivity index (χ2v) is 8.47. The minimum Gasteiger partial charge on any atom is -0.468 e. The average Bonchev–Trinajstić information content (AvgIpc) is 3.25. The first-order valence-corrected chi connectivity index (χ1v) is 10.8. The molecule has 2 atom stereocenters. The summed E-state index contributed by atoms with van der Waals surface area (Å²) in [6.45, 7) is 9.91. The first-order valence-electron chi connectivity index (χ1n) is 10.8. The van der Waals surface area contributed by atoms with Crippen LogP contribution in [0.5, 0.6) is 5.88 Å². The van der Waals surface area contributed by atoms with Crippen LogP contribution in [0.4, 0.5) is 0 Å². The van der Waals surface area contributed by atoms with Gasteiger partial charge in [-0.05, 0) is 51.8 Å². The van der Waals surface area contributed by atoms with E-state index in [-0.39, 0.29) is 24.6 Å². The van der Waals surface area contributed by atoms with Crippen LogP contribution in [0.1, 0.15) is 65.3 Å². The molecule has 7 heteroatoms. The third-order valence-electron chi connectivity index (χ3n) is 5.73. The zero-order valence-corrected chi connectivity index (χ0v) is 19.4. The van der Waals surface area contributed by atoms with E-state index in [0.29, 0.717) is 5.88 Å². The van der Waals surface area contributed by atoms with Crippen molar-refractivity contribution in [3.8, 4) is 5.88 Å². The summed E-state index contributed by atoms with van der Waals surface area (Å²) in [5, 5.41) is 7.42. The van der Waals surface area contributed by atoms with Crippen LogP contribution in [-0.4, -0.2) is 33.0 Å². The maximum atomic E-state index is 12.4. The molecule has 0 saturated carbocycles. The Kier molecular flexibility index (Phi) is 5.82. The number of fused-ring (bicyclic) bond motifs is 1. The molecule has 1 N–H and O–H groups in total. The number of pyridine rings is 1. The van der Waals surface area contributed by atoms with Gasteiger partial charge in [0.05, 0.1) is 34.9 Å². The molecule has 166 valence electrons. The van der Waals surface area contributed by atoms with Crippen molar-refractivity contribution in [2.75, 3.05) is 6.61 Å². The van der Waals surface area contributed by atoms with E-state index in [4.69, 9.17) is 9.73 Å². The van der Waals surface area contributed by atoms with Gasteiger partial charge in [0.15, 0.2) is 6.61 Å². The predicted molar refractivity (Wildman–Crippen MR) is 124 cm³/mol. The number of aromatic nitrogens is 3. The fraction of sp³-hybridized carbons (Fsp3) is 0.360. The summed E-state index contributed by atoms with van der Waals surface area (Å²) < 4.78 is 7.60. The molecule has 1 aliphatic rings. The lowest BCUT2D eigenvalue weighted by Crippen LogP contribution is -2.31. The third kappa shape index (κ3) is 4.28. The van der Waals surface area contributed by atoms with Crippen LogP contribution in [0.15, 0.2) is 41.4 Å². The molecule has 0 bridgehead atoms. The Hall–Kier alpha value is -3.48. The van der Waals surface area contributed by atoms with E-state index in [1.165, 1.54) is 5.56 Å². The molecule has 0 spiro atoms. The van der Waals surface area contributed by atoms with Gasteiger partial charge in [0.2, 0.25) is 5.88 Å². The predicted octanol–water partition coefficient (Wildman–Crippen LogP) is 3.91. The van der Waals surface area contributed by atoms with Gasteiger partial charge < -0.3 is 10.1 Å². The van der Waals surface area contributed by atoms with Crippen LogP contribution in [0.25, 0.3) is 0 Å². The van der Waals surface area contributed by atoms with Crippen molar-refractivity contribution < 1.29 is 9.53 Å². The van der Waals surface area contributed by atoms with E-state index >= 15 is 0 Å². The van der Waals surface area contributed by atoms with Crippen molar-refractivity contribution in [2.24, 2.45) is 12.0 Å². The van der Waals surface area contributed by atoms with E-state index < -0.39 is 0 Å². The van der Waals surface area contributed by atoms with E-state index in [0.717, 1.165) is 39.5 Å². The molecule has 2 aromatic heterocycles. The van der Waals surface area contributed by atoms with Crippen molar-refractivity contribution in [2.45, 2.75) is 46.7 Å². The summed E-state index contributed by atoms with van der Waals surface area (Å²) in [6.07, 6.45) is 0. The molecule has 3 aromatic rings. The standard InChI is InChI=1S/C25H29N5O2/c1-14-7-9-19(10-8-14)17(4)26-21(31)13-32-22-11-15(2)23-24(28-22)18(5)27-25(23)20-12-16(3)29-30(20)6/h7-12,17-18H,13H2,1-6H3,(H,26,31)/t17-,18?/m0/s1. The quantitative estimate of drug-likeness (QED) is 0.642. The Morgan fingerprint density at radius 1 is 1.19 bits per heavy atom. The van der Waals surface area contributed by atoms with Gasteiger partial charge in [-0.25, -0.2) is 4.98 Å².